The van der Waals surface area contributed by atoms with E-state index in [4.69, 9.17) is 16.3 Å². The molecular weight excluding hydrogens is 372 g/mol. The van der Waals surface area contributed by atoms with Crippen molar-refractivity contribution < 1.29 is 27.5 Å². The molecule has 0 saturated heterocycles. The number of hydrogen-bond acceptors (Lipinski definition) is 6. The number of halogens is 1. The van der Waals surface area contributed by atoms with Gasteiger partial charge >= 0.3 is 5.97 Å². The number of esters is 1. The minimum atomic E-state index is -3.53. The number of sulfone groups is 1. The first-order valence-corrected chi connectivity index (χ1v) is 9.57. The van der Waals surface area contributed by atoms with E-state index in [0.29, 0.717) is 6.54 Å². The van der Waals surface area contributed by atoms with E-state index in [9.17, 15) is 22.8 Å². The maximum absolute atomic E-state index is 12.0. The monoisotopic (exact) mass is 390 g/mol. The number of hydrogen-bond donors (Lipinski definition) is 2. The zero-order valence-corrected chi connectivity index (χ0v) is 15.5. The van der Waals surface area contributed by atoms with E-state index in [2.05, 4.69) is 10.6 Å². The van der Waals surface area contributed by atoms with Gasteiger partial charge in [0, 0.05) is 12.8 Å². The summed E-state index contributed by atoms with van der Waals surface area (Å²) in [6.07, 6.45) is 0.988. The predicted molar refractivity (Wildman–Crippen MR) is 91.1 cm³/mol. The van der Waals surface area contributed by atoms with Gasteiger partial charge in [0.15, 0.2) is 16.4 Å². The Balaban J connectivity index is 2.71. The van der Waals surface area contributed by atoms with Crippen molar-refractivity contribution in [3.8, 4) is 0 Å². The van der Waals surface area contributed by atoms with Crippen LogP contribution in [0.4, 0.5) is 0 Å². The third-order valence-corrected chi connectivity index (χ3v) is 4.48. The SMILES string of the molecule is CCNC(=O)[C@H](C)NC(=O)COC(=O)c1cc(S(C)(=O)=O)ccc1Cl. The minimum Gasteiger partial charge on any atom is -0.452 e. The van der Waals surface area contributed by atoms with Gasteiger partial charge in [0.05, 0.1) is 15.5 Å². The Kier molecular flexibility index (Phi) is 7.38. The summed E-state index contributed by atoms with van der Waals surface area (Å²) in [5, 5.41) is 4.89. The van der Waals surface area contributed by atoms with Crippen LogP contribution >= 0.6 is 11.6 Å². The van der Waals surface area contributed by atoms with Crippen LogP contribution in [0.15, 0.2) is 23.1 Å². The van der Waals surface area contributed by atoms with Crippen molar-refractivity contribution in [2.75, 3.05) is 19.4 Å². The van der Waals surface area contributed by atoms with E-state index in [-0.39, 0.29) is 21.4 Å². The Morgan fingerprint density at radius 3 is 2.48 bits per heavy atom. The smallest absolute Gasteiger partial charge is 0.340 e. The van der Waals surface area contributed by atoms with Gasteiger partial charge in [-0.2, -0.15) is 0 Å². The van der Waals surface area contributed by atoms with Crippen molar-refractivity contribution in [3.63, 3.8) is 0 Å². The summed E-state index contributed by atoms with van der Waals surface area (Å²) in [6.45, 7) is 3.00. The molecule has 2 amide bonds. The van der Waals surface area contributed by atoms with E-state index < -0.39 is 34.4 Å². The summed E-state index contributed by atoms with van der Waals surface area (Å²) in [7, 11) is -3.53. The van der Waals surface area contributed by atoms with E-state index in [1.165, 1.54) is 19.1 Å². The van der Waals surface area contributed by atoms with Crippen molar-refractivity contribution in [1.29, 1.82) is 0 Å². The highest BCUT2D eigenvalue weighted by molar-refractivity contribution is 7.90. The molecular formula is C15H19ClN2O6S. The number of amides is 2. The average Bonchev–Trinajstić information content (AvgIpc) is 2.52. The Hall–Kier alpha value is -2.13. The molecule has 0 spiro atoms. The highest BCUT2D eigenvalue weighted by Gasteiger charge is 2.19. The molecule has 1 aromatic rings. The number of likely N-dealkylation sites (N-methyl/N-ethyl adjacent to an activating group) is 1. The number of rotatable bonds is 7. The molecule has 0 aromatic heterocycles. The summed E-state index contributed by atoms with van der Waals surface area (Å²) < 4.78 is 27.9. The number of ether oxygens (including phenoxy) is 1. The summed E-state index contributed by atoms with van der Waals surface area (Å²) >= 11 is 5.87. The molecule has 0 aliphatic heterocycles. The van der Waals surface area contributed by atoms with Gasteiger partial charge in [0.25, 0.3) is 5.91 Å². The Bertz CT molecular complexity index is 778. The van der Waals surface area contributed by atoms with Crippen molar-refractivity contribution in [2.24, 2.45) is 0 Å². The first-order chi connectivity index (χ1) is 11.6. The Labute approximate surface area is 150 Å². The molecule has 0 aliphatic rings. The van der Waals surface area contributed by atoms with Gasteiger partial charge in [-0.05, 0) is 32.0 Å². The molecule has 1 atom stereocenters. The summed E-state index contributed by atoms with van der Waals surface area (Å²) in [4.78, 5) is 35.1. The zero-order valence-electron chi connectivity index (χ0n) is 14.0. The van der Waals surface area contributed by atoms with Gasteiger partial charge in [-0.1, -0.05) is 11.6 Å². The van der Waals surface area contributed by atoms with Gasteiger partial charge in [-0.3, -0.25) is 9.59 Å². The Morgan fingerprint density at radius 2 is 1.92 bits per heavy atom. The Morgan fingerprint density at radius 1 is 1.28 bits per heavy atom. The molecule has 10 heteroatoms. The minimum absolute atomic E-state index is 0.00602. The molecule has 0 aliphatic carbocycles. The lowest BCUT2D eigenvalue weighted by Crippen LogP contribution is -2.46. The molecule has 0 radical (unpaired) electrons. The van der Waals surface area contributed by atoms with E-state index in [1.54, 1.807) is 6.92 Å². The molecule has 0 fully saturated rings. The van der Waals surface area contributed by atoms with Gasteiger partial charge in [0.2, 0.25) is 5.91 Å². The van der Waals surface area contributed by atoms with E-state index >= 15 is 0 Å². The largest absolute Gasteiger partial charge is 0.452 e. The van der Waals surface area contributed by atoms with Crippen LogP contribution in [0.25, 0.3) is 0 Å². The molecule has 1 rings (SSSR count). The number of nitrogens with one attached hydrogen (secondary N) is 2. The van der Waals surface area contributed by atoms with Crippen LogP contribution in [-0.4, -0.2) is 51.7 Å². The summed E-state index contributed by atoms with van der Waals surface area (Å²) in [5.41, 5.74) is -0.172. The molecule has 2 N–H and O–H groups in total. The summed E-state index contributed by atoms with van der Waals surface area (Å²) in [5.74, 6) is -2.00. The quantitative estimate of drug-likeness (QED) is 0.656. The van der Waals surface area contributed by atoms with Gasteiger partial charge in [-0.25, -0.2) is 13.2 Å². The van der Waals surface area contributed by atoms with Gasteiger partial charge in [-0.15, -0.1) is 0 Å². The average molecular weight is 391 g/mol. The van der Waals surface area contributed by atoms with Crippen molar-refractivity contribution in [2.45, 2.75) is 24.8 Å². The molecule has 0 bridgehead atoms. The second-order valence-corrected chi connectivity index (χ2v) is 7.60. The molecule has 25 heavy (non-hydrogen) atoms. The molecule has 0 unspecified atom stereocenters. The van der Waals surface area contributed by atoms with Crippen LogP contribution in [0, 0.1) is 0 Å². The third kappa shape index (κ3) is 6.35. The lowest BCUT2D eigenvalue weighted by atomic mass is 10.2. The van der Waals surface area contributed by atoms with Crippen LogP contribution in [0.3, 0.4) is 0 Å². The fraction of sp³-hybridized carbons (Fsp3) is 0.400. The maximum Gasteiger partial charge on any atom is 0.340 e. The standard InChI is InChI=1S/C15H19ClN2O6S/c1-4-17-14(20)9(2)18-13(19)8-24-15(21)11-7-10(25(3,22)23)5-6-12(11)16/h5-7,9H,4,8H2,1-3H3,(H,17,20)(H,18,19)/t9-/m0/s1. The predicted octanol–water partition coefficient (Wildman–Crippen LogP) is 0.541. The first kappa shape index (κ1) is 20.9. The lowest BCUT2D eigenvalue weighted by molar-refractivity contribution is -0.130. The van der Waals surface area contributed by atoms with E-state index in [1.807, 2.05) is 0 Å². The van der Waals surface area contributed by atoms with Crippen molar-refractivity contribution in [1.82, 2.24) is 10.6 Å². The van der Waals surface area contributed by atoms with Crippen LogP contribution in [0.2, 0.25) is 5.02 Å². The maximum atomic E-state index is 12.0. The van der Waals surface area contributed by atoms with Crippen molar-refractivity contribution in [3.05, 3.63) is 28.8 Å². The molecule has 8 nitrogen and oxygen atoms in total. The van der Waals surface area contributed by atoms with Crippen LogP contribution in [0.5, 0.6) is 0 Å². The molecule has 1 aromatic carbocycles. The normalized spacial score (nSPS) is 12.2. The second-order valence-electron chi connectivity index (χ2n) is 5.17. The van der Waals surface area contributed by atoms with E-state index in [0.717, 1.165) is 12.3 Å². The number of benzene rings is 1. The highest BCUT2D eigenvalue weighted by atomic mass is 35.5. The number of carbonyl (C=O) groups is 3. The van der Waals surface area contributed by atoms with Gasteiger partial charge in [0.1, 0.15) is 6.04 Å². The second kappa shape index (κ2) is 8.82. The fourth-order valence-corrected chi connectivity index (χ4v) is 2.62. The first-order valence-electron chi connectivity index (χ1n) is 7.30. The topological polar surface area (TPSA) is 119 Å². The van der Waals surface area contributed by atoms with Crippen LogP contribution < -0.4 is 10.6 Å². The molecule has 0 heterocycles. The lowest BCUT2D eigenvalue weighted by Gasteiger charge is -2.13. The van der Waals surface area contributed by atoms with Crippen molar-refractivity contribution >= 4 is 39.2 Å². The summed E-state index contributed by atoms with van der Waals surface area (Å²) in [6, 6.07) is 2.80. The van der Waals surface area contributed by atoms with Gasteiger partial charge < -0.3 is 15.4 Å². The fourth-order valence-electron chi connectivity index (χ4n) is 1.78. The number of carbonyl (C=O) groups excluding carboxylic acids is 3. The zero-order chi connectivity index (χ0) is 19.2. The van der Waals surface area contributed by atoms with Crippen LogP contribution in [0.1, 0.15) is 24.2 Å². The molecule has 138 valence electrons. The highest BCUT2D eigenvalue weighted by Crippen LogP contribution is 2.21. The molecule has 0 saturated carbocycles. The van der Waals surface area contributed by atoms with Crippen LogP contribution in [-0.2, 0) is 24.2 Å². The third-order valence-electron chi connectivity index (χ3n) is 3.04.